The van der Waals surface area contributed by atoms with Crippen LogP contribution in [-0.4, -0.2) is 25.0 Å². The third-order valence-electron chi connectivity index (χ3n) is 3.72. The van der Waals surface area contributed by atoms with Crippen LogP contribution >= 0.6 is 0 Å². The van der Waals surface area contributed by atoms with Gasteiger partial charge in [0.2, 0.25) is 5.91 Å². The molecule has 0 fully saturated rings. The summed E-state index contributed by atoms with van der Waals surface area (Å²) in [6, 6.07) is 6.33. The van der Waals surface area contributed by atoms with Crippen molar-refractivity contribution in [1.82, 2.24) is 10.6 Å². The Morgan fingerprint density at radius 3 is 2.27 bits per heavy atom. The Labute approximate surface area is 133 Å². The van der Waals surface area contributed by atoms with Crippen molar-refractivity contribution < 1.29 is 9.18 Å². The van der Waals surface area contributed by atoms with Gasteiger partial charge in [0.25, 0.3) is 0 Å². The first-order valence-electron chi connectivity index (χ1n) is 7.97. The third kappa shape index (κ3) is 6.56. The van der Waals surface area contributed by atoms with Crippen molar-refractivity contribution >= 4 is 5.91 Å². The summed E-state index contributed by atoms with van der Waals surface area (Å²) in [4.78, 5) is 12.4. The highest BCUT2D eigenvalue weighted by molar-refractivity contribution is 5.82. The molecule has 0 bridgehead atoms. The van der Waals surface area contributed by atoms with Gasteiger partial charge in [-0.1, -0.05) is 39.8 Å². The highest BCUT2D eigenvalue weighted by Gasteiger charge is 2.24. The Morgan fingerprint density at radius 2 is 1.82 bits per heavy atom. The molecule has 124 valence electrons. The maximum Gasteiger partial charge on any atom is 0.237 e. The second kappa shape index (κ2) is 8.28. The average Bonchev–Trinajstić information content (AvgIpc) is 2.45. The van der Waals surface area contributed by atoms with Gasteiger partial charge in [0.05, 0.1) is 6.04 Å². The van der Waals surface area contributed by atoms with Gasteiger partial charge in [-0.15, -0.1) is 0 Å². The molecule has 2 N–H and O–H groups in total. The fraction of sp³-hybridized carbons (Fsp3) is 0.611. The lowest BCUT2D eigenvalue weighted by molar-refractivity contribution is -0.124. The van der Waals surface area contributed by atoms with Gasteiger partial charge >= 0.3 is 0 Å². The summed E-state index contributed by atoms with van der Waals surface area (Å²) in [5, 5.41) is 6.21. The zero-order chi connectivity index (χ0) is 16.8. The molecule has 4 heteroatoms. The van der Waals surface area contributed by atoms with E-state index in [1.807, 2.05) is 14.0 Å². The number of hydrogen-bond donors (Lipinski definition) is 2. The molecule has 3 nitrogen and oxygen atoms in total. The molecule has 22 heavy (non-hydrogen) atoms. The first kappa shape index (κ1) is 18.6. The van der Waals surface area contributed by atoms with Crippen LogP contribution in [0.3, 0.4) is 0 Å². The molecule has 0 saturated heterocycles. The number of carbonyl (C=O) groups is 1. The summed E-state index contributed by atoms with van der Waals surface area (Å²) in [5.74, 6) is -0.201. The molecule has 0 aliphatic rings. The van der Waals surface area contributed by atoms with Gasteiger partial charge in [0.1, 0.15) is 5.82 Å². The summed E-state index contributed by atoms with van der Waals surface area (Å²) in [6.07, 6.45) is 2.34. The molecular weight excluding hydrogens is 279 g/mol. The third-order valence-corrected chi connectivity index (χ3v) is 3.72. The molecule has 1 aromatic rings. The van der Waals surface area contributed by atoms with Crippen LogP contribution in [0, 0.1) is 11.2 Å². The number of carbonyl (C=O) groups excluding carboxylic acids is 1. The van der Waals surface area contributed by atoms with Crippen LogP contribution in [-0.2, 0) is 11.2 Å². The highest BCUT2D eigenvalue weighted by atomic mass is 19.1. The molecule has 0 saturated carbocycles. The van der Waals surface area contributed by atoms with Crippen molar-refractivity contribution in [1.29, 1.82) is 0 Å². The molecule has 0 heterocycles. The lowest BCUT2D eigenvalue weighted by atomic mass is 9.87. The topological polar surface area (TPSA) is 41.1 Å². The second-order valence-electron chi connectivity index (χ2n) is 7.05. The first-order valence-corrected chi connectivity index (χ1v) is 7.97. The average molecular weight is 308 g/mol. The van der Waals surface area contributed by atoms with Gasteiger partial charge < -0.3 is 10.6 Å². The van der Waals surface area contributed by atoms with Crippen molar-refractivity contribution in [2.45, 2.75) is 59.0 Å². The van der Waals surface area contributed by atoms with Gasteiger partial charge in [-0.2, -0.15) is 0 Å². The molecule has 1 aromatic carbocycles. The van der Waals surface area contributed by atoms with E-state index in [-0.39, 0.29) is 29.2 Å². The van der Waals surface area contributed by atoms with E-state index in [4.69, 9.17) is 0 Å². The summed E-state index contributed by atoms with van der Waals surface area (Å²) < 4.78 is 12.9. The molecule has 2 atom stereocenters. The molecule has 0 aromatic heterocycles. The minimum Gasteiger partial charge on any atom is -0.352 e. The highest BCUT2D eigenvalue weighted by Crippen LogP contribution is 2.21. The molecule has 1 rings (SSSR count). The number of amides is 1. The number of hydrogen-bond acceptors (Lipinski definition) is 2. The van der Waals surface area contributed by atoms with Crippen molar-refractivity contribution in [2.24, 2.45) is 5.41 Å². The molecule has 0 aliphatic heterocycles. The van der Waals surface area contributed by atoms with Gasteiger partial charge in [-0.3, -0.25) is 4.79 Å². The Balaban J connectivity index is 2.63. The molecule has 0 spiro atoms. The van der Waals surface area contributed by atoms with E-state index < -0.39 is 0 Å². The first-order chi connectivity index (χ1) is 10.2. The van der Waals surface area contributed by atoms with Crippen LogP contribution in [0.1, 0.15) is 46.1 Å². The Bertz CT molecular complexity index is 465. The largest absolute Gasteiger partial charge is 0.352 e. The Hall–Kier alpha value is -1.42. The number of halogens is 1. The normalized spacial score (nSPS) is 14.5. The SMILES string of the molecule is CCC(Cc1ccc(F)cc1)NC(=O)C(CC(C)(C)C)NC. The van der Waals surface area contributed by atoms with E-state index in [1.165, 1.54) is 12.1 Å². The predicted octanol–water partition coefficient (Wildman–Crippen LogP) is 3.29. The fourth-order valence-corrected chi connectivity index (χ4v) is 2.44. The summed E-state index contributed by atoms with van der Waals surface area (Å²) >= 11 is 0. The van der Waals surface area contributed by atoms with Crippen molar-refractivity contribution in [3.8, 4) is 0 Å². The van der Waals surface area contributed by atoms with E-state index in [1.54, 1.807) is 12.1 Å². The summed E-state index contributed by atoms with van der Waals surface area (Å²) in [5.41, 5.74) is 1.12. The maximum absolute atomic E-state index is 12.9. The van der Waals surface area contributed by atoms with E-state index in [0.717, 1.165) is 18.4 Å². The van der Waals surface area contributed by atoms with Crippen LogP contribution in [0.5, 0.6) is 0 Å². The Morgan fingerprint density at radius 1 is 1.23 bits per heavy atom. The minimum absolute atomic E-state index is 0.0337. The van der Waals surface area contributed by atoms with Gasteiger partial charge in [-0.05, 0) is 49.4 Å². The van der Waals surface area contributed by atoms with Crippen LogP contribution in [0.2, 0.25) is 0 Å². The van der Waals surface area contributed by atoms with E-state index in [2.05, 4.69) is 31.4 Å². The van der Waals surface area contributed by atoms with Crippen molar-refractivity contribution in [3.05, 3.63) is 35.6 Å². The number of rotatable bonds is 7. The van der Waals surface area contributed by atoms with Gasteiger partial charge in [0.15, 0.2) is 0 Å². The minimum atomic E-state index is -0.235. The monoisotopic (exact) mass is 308 g/mol. The molecule has 0 aliphatic carbocycles. The van der Waals surface area contributed by atoms with Crippen LogP contribution in [0.15, 0.2) is 24.3 Å². The molecule has 0 radical (unpaired) electrons. The van der Waals surface area contributed by atoms with Gasteiger partial charge in [-0.25, -0.2) is 4.39 Å². The van der Waals surface area contributed by atoms with Crippen LogP contribution in [0.4, 0.5) is 4.39 Å². The standard InChI is InChI=1S/C18H29FN2O/c1-6-15(11-13-7-9-14(19)10-8-13)21-17(22)16(20-5)12-18(2,3)4/h7-10,15-16,20H,6,11-12H2,1-5H3,(H,21,22). The van der Waals surface area contributed by atoms with E-state index in [0.29, 0.717) is 6.42 Å². The molecule has 1 amide bonds. The quantitative estimate of drug-likeness (QED) is 0.811. The molecular formula is C18H29FN2O. The summed E-state index contributed by atoms with van der Waals surface area (Å²) in [6.45, 7) is 8.42. The van der Waals surface area contributed by atoms with E-state index in [9.17, 15) is 9.18 Å². The zero-order valence-electron chi connectivity index (χ0n) is 14.4. The van der Waals surface area contributed by atoms with Crippen LogP contribution in [0.25, 0.3) is 0 Å². The lowest BCUT2D eigenvalue weighted by Crippen LogP contribution is -2.48. The smallest absolute Gasteiger partial charge is 0.237 e. The number of nitrogens with one attached hydrogen (secondary N) is 2. The predicted molar refractivity (Wildman–Crippen MR) is 89.2 cm³/mol. The maximum atomic E-state index is 12.9. The van der Waals surface area contributed by atoms with E-state index >= 15 is 0 Å². The van der Waals surface area contributed by atoms with Crippen LogP contribution < -0.4 is 10.6 Å². The number of likely N-dealkylation sites (N-methyl/N-ethyl adjacent to an activating group) is 1. The second-order valence-corrected chi connectivity index (χ2v) is 7.05. The fourth-order valence-electron chi connectivity index (χ4n) is 2.44. The number of benzene rings is 1. The lowest BCUT2D eigenvalue weighted by Gasteiger charge is -2.27. The Kier molecular flexibility index (Phi) is 7.01. The summed E-state index contributed by atoms with van der Waals surface area (Å²) in [7, 11) is 1.82. The zero-order valence-corrected chi connectivity index (χ0v) is 14.4. The van der Waals surface area contributed by atoms with Crippen molar-refractivity contribution in [3.63, 3.8) is 0 Å². The van der Waals surface area contributed by atoms with Gasteiger partial charge in [0, 0.05) is 6.04 Å². The molecule has 2 unspecified atom stereocenters. The van der Waals surface area contributed by atoms with Crippen molar-refractivity contribution in [2.75, 3.05) is 7.05 Å².